The molecule has 8 heteroatoms. The number of nitrogens with zero attached hydrogens (tertiary/aromatic N) is 2. The molecule has 2 aromatic rings. The summed E-state index contributed by atoms with van der Waals surface area (Å²) in [4.78, 5) is 30.6. The van der Waals surface area contributed by atoms with Gasteiger partial charge in [0.05, 0.1) is 25.7 Å². The Bertz CT molecular complexity index is 838. The van der Waals surface area contributed by atoms with E-state index >= 15 is 0 Å². The zero-order valence-electron chi connectivity index (χ0n) is 16.4. The van der Waals surface area contributed by atoms with Crippen LogP contribution in [0, 0.1) is 0 Å². The van der Waals surface area contributed by atoms with Crippen molar-refractivity contribution in [1.82, 2.24) is 15.6 Å². The van der Waals surface area contributed by atoms with E-state index in [0.717, 1.165) is 30.0 Å². The number of anilines is 1. The smallest absolute Gasteiger partial charge is 0.222 e. The molecule has 0 radical (unpaired) electrons. The molecule has 2 N–H and O–H groups in total. The molecule has 2 heterocycles. The number of carbonyl (C=O) groups is 2. The molecule has 1 fully saturated rings. The quantitative estimate of drug-likeness (QED) is 0.724. The third-order valence-corrected chi connectivity index (χ3v) is 4.93. The summed E-state index contributed by atoms with van der Waals surface area (Å²) >= 11 is 5.93. The number of halogens is 1. The van der Waals surface area contributed by atoms with Gasteiger partial charge in [-0.15, -0.1) is 0 Å². The fourth-order valence-corrected chi connectivity index (χ4v) is 3.31. The van der Waals surface area contributed by atoms with Gasteiger partial charge in [0, 0.05) is 37.8 Å². The van der Waals surface area contributed by atoms with Crippen LogP contribution in [0.2, 0.25) is 5.02 Å². The Labute approximate surface area is 175 Å². The van der Waals surface area contributed by atoms with Gasteiger partial charge < -0.3 is 20.3 Å². The summed E-state index contributed by atoms with van der Waals surface area (Å²) in [6, 6.07) is 10.6. The second-order valence-corrected chi connectivity index (χ2v) is 7.34. The molecule has 7 nitrogen and oxygen atoms in total. The van der Waals surface area contributed by atoms with Crippen LogP contribution in [0.15, 0.2) is 42.6 Å². The molecule has 3 rings (SSSR count). The normalized spacial score (nSPS) is 14.9. The van der Waals surface area contributed by atoms with E-state index in [1.165, 1.54) is 6.92 Å². The third-order valence-electron chi connectivity index (χ3n) is 4.67. The average molecular weight is 417 g/mol. The summed E-state index contributed by atoms with van der Waals surface area (Å²) in [6.45, 7) is 4.83. The van der Waals surface area contributed by atoms with Gasteiger partial charge in [-0.05, 0) is 35.4 Å². The van der Waals surface area contributed by atoms with Crippen molar-refractivity contribution in [2.45, 2.75) is 25.9 Å². The van der Waals surface area contributed by atoms with Gasteiger partial charge >= 0.3 is 0 Å². The molecule has 0 aliphatic carbocycles. The highest BCUT2D eigenvalue weighted by Gasteiger charge is 2.17. The van der Waals surface area contributed by atoms with E-state index < -0.39 is 6.04 Å². The minimum atomic E-state index is -0.411. The molecule has 1 aromatic heterocycles. The van der Waals surface area contributed by atoms with Gasteiger partial charge in [0.2, 0.25) is 11.8 Å². The van der Waals surface area contributed by atoms with Crippen molar-refractivity contribution in [3.8, 4) is 0 Å². The molecule has 0 spiro atoms. The van der Waals surface area contributed by atoms with Crippen molar-refractivity contribution in [3.63, 3.8) is 0 Å². The van der Waals surface area contributed by atoms with E-state index in [-0.39, 0.29) is 18.2 Å². The summed E-state index contributed by atoms with van der Waals surface area (Å²) in [7, 11) is 0. The number of morpholine rings is 1. The molecule has 154 valence electrons. The zero-order valence-corrected chi connectivity index (χ0v) is 17.1. The van der Waals surface area contributed by atoms with E-state index in [9.17, 15) is 9.59 Å². The highest BCUT2D eigenvalue weighted by Crippen LogP contribution is 2.20. The molecule has 1 aliphatic rings. The summed E-state index contributed by atoms with van der Waals surface area (Å²) in [6.07, 6.45) is 1.89. The van der Waals surface area contributed by atoms with Crippen LogP contribution in [0.5, 0.6) is 0 Å². The van der Waals surface area contributed by atoms with E-state index in [0.29, 0.717) is 24.8 Å². The molecule has 0 bridgehead atoms. The van der Waals surface area contributed by atoms with Gasteiger partial charge in [-0.3, -0.25) is 9.59 Å². The molecular weight excluding hydrogens is 392 g/mol. The van der Waals surface area contributed by atoms with Crippen LogP contribution >= 0.6 is 11.6 Å². The number of hydrogen-bond donors (Lipinski definition) is 2. The molecule has 1 aromatic carbocycles. The van der Waals surface area contributed by atoms with Crippen LogP contribution in [0.1, 0.15) is 30.5 Å². The second-order valence-electron chi connectivity index (χ2n) is 6.91. The number of ether oxygens (including phenoxy) is 1. The predicted octanol–water partition coefficient (Wildman–Crippen LogP) is 2.46. The van der Waals surface area contributed by atoms with Crippen LogP contribution < -0.4 is 15.5 Å². The van der Waals surface area contributed by atoms with Crippen molar-refractivity contribution in [2.24, 2.45) is 0 Å². The second kappa shape index (κ2) is 10.2. The Morgan fingerprint density at radius 3 is 2.62 bits per heavy atom. The Balaban J connectivity index is 1.58. The van der Waals surface area contributed by atoms with Crippen LogP contribution in [0.4, 0.5) is 5.82 Å². The lowest BCUT2D eigenvalue weighted by Gasteiger charge is -2.28. The first-order valence-electron chi connectivity index (χ1n) is 9.58. The van der Waals surface area contributed by atoms with E-state index in [4.69, 9.17) is 16.3 Å². The highest BCUT2D eigenvalue weighted by molar-refractivity contribution is 6.30. The van der Waals surface area contributed by atoms with Gasteiger partial charge in [0.1, 0.15) is 5.82 Å². The van der Waals surface area contributed by atoms with Gasteiger partial charge in [-0.25, -0.2) is 4.98 Å². The maximum atomic E-state index is 12.5. The van der Waals surface area contributed by atoms with Crippen LogP contribution in [0.3, 0.4) is 0 Å². The van der Waals surface area contributed by atoms with Crippen molar-refractivity contribution in [1.29, 1.82) is 0 Å². The summed E-state index contributed by atoms with van der Waals surface area (Å²) in [5, 5.41) is 6.36. The Morgan fingerprint density at radius 1 is 1.21 bits per heavy atom. The topological polar surface area (TPSA) is 83.6 Å². The minimum Gasteiger partial charge on any atom is -0.378 e. The van der Waals surface area contributed by atoms with Crippen LogP contribution in [0.25, 0.3) is 0 Å². The number of carbonyl (C=O) groups excluding carboxylic acids is 2. The number of pyridine rings is 1. The van der Waals surface area contributed by atoms with Gasteiger partial charge in [0.25, 0.3) is 0 Å². The lowest BCUT2D eigenvalue weighted by molar-refractivity contribution is -0.122. The summed E-state index contributed by atoms with van der Waals surface area (Å²) in [5.41, 5.74) is 1.80. The number of rotatable bonds is 7. The van der Waals surface area contributed by atoms with E-state index in [2.05, 4.69) is 20.5 Å². The SMILES string of the molecule is CC(=O)N[C@@H](CC(=O)NCc1ccnc(N2CCOCC2)c1)c1ccc(Cl)cc1. The number of nitrogens with one attached hydrogen (secondary N) is 2. The third kappa shape index (κ3) is 6.44. The number of amides is 2. The number of aromatic nitrogens is 1. The first kappa shape index (κ1) is 21.1. The molecule has 1 atom stereocenters. The van der Waals surface area contributed by atoms with Gasteiger partial charge in [-0.2, -0.15) is 0 Å². The Kier molecular flexibility index (Phi) is 7.43. The zero-order chi connectivity index (χ0) is 20.6. The molecular formula is C21H25ClN4O3. The Hall–Kier alpha value is -2.64. The first-order chi connectivity index (χ1) is 14.0. The lowest BCUT2D eigenvalue weighted by atomic mass is 10.0. The Morgan fingerprint density at radius 2 is 1.93 bits per heavy atom. The molecule has 2 amide bonds. The maximum Gasteiger partial charge on any atom is 0.222 e. The summed E-state index contributed by atoms with van der Waals surface area (Å²) < 4.78 is 5.37. The van der Waals surface area contributed by atoms with E-state index in [1.807, 2.05) is 24.3 Å². The van der Waals surface area contributed by atoms with Crippen LogP contribution in [-0.2, 0) is 20.9 Å². The lowest BCUT2D eigenvalue weighted by Crippen LogP contribution is -2.36. The fraction of sp³-hybridized carbons (Fsp3) is 0.381. The number of benzene rings is 1. The highest BCUT2D eigenvalue weighted by atomic mass is 35.5. The largest absolute Gasteiger partial charge is 0.378 e. The monoisotopic (exact) mass is 416 g/mol. The fourth-order valence-electron chi connectivity index (χ4n) is 3.19. The first-order valence-corrected chi connectivity index (χ1v) is 9.96. The molecule has 0 saturated carbocycles. The summed E-state index contributed by atoms with van der Waals surface area (Å²) in [5.74, 6) is 0.544. The van der Waals surface area contributed by atoms with E-state index in [1.54, 1.807) is 18.3 Å². The van der Waals surface area contributed by atoms with Crippen molar-refractivity contribution in [3.05, 3.63) is 58.7 Å². The standard InChI is InChI=1S/C21H25ClN4O3/c1-15(27)25-19(17-2-4-18(22)5-3-17)13-21(28)24-14-16-6-7-23-20(12-16)26-8-10-29-11-9-26/h2-7,12,19H,8-11,13-14H2,1H3,(H,24,28)(H,25,27)/t19-/m0/s1. The number of hydrogen-bond acceptors (Lipinski definition) is 5. The van der Waals surface area contributed by atoms with Crippen molar-refractivity contribution >= 4 is 29.2 Å². The maximum absolute atomic E-state index is 12.5. The van der Waals surface area contributed by atoms with Crippen molar-refractivity contribution < 1.29 is 14.3 Å². The molecule has 1 aliphatic heterocycles. The van der Waals surface area contributed by atoms with Gasteiger partial charge in [-0.1, -0.05) is 23.7 Å². The minimum absolute atomic E-state index is 0.141. The van der Waals surface area contributed by atoms with Crippen LogP contribution in [-0.4, -0.2) is 43.1 Å². The molecule has 0 unspecified atom stereocenters. The molecule has 29 heavy (non-hydrogen) atoms. The average Bonchev–Trinajstić information content (AvgIpc) is 2.73. The molecule has 1 saturated heterocycles. The van der Waals surface area contributed by atoms with Crippen molar-refractivity contribution in [2.75, 3.05) is 31.2 Å². The predicted molar refractivity (Wildman–Crippen MR) is 112 cm³/mol. The van der Waals surface area contributed by atoms with Gasteiger partial charge in [0.15, 0.2) is 0 Å².